The largest absolute Gasteiger partial charge is 0.300 e. The van der Waals surface area contributed by atoms with Crippen LogP contribution in [-0.2, 0) is 0 Å². The van der Waals surface area contributed by atoms with E-state index < -0.39 is 0 Å². The predicted octanol–water partition coefficient (Wildman–Crippen LogP) is 1.76. The van der Waals surface area contributed by atoms with Gasteiger partial charge in [-0.2, -0.15) is 0 Å². The molecule has 0 radical (unpaired) electrons. The van der Waals surface area contributed by atoms with Crippen molar-refractivity contribution in [3.63, 3.8) is 0 Å². The van der Waals surface area contributed by atoms with E-state index in [1.165, 1.54) is 25.9 Å². The highest BCUT2D eigenvalue weighted by molar-refractivity contribution is 4.80. The number of hydrogen-bond acceptors (Lipinski definition) is 0. The van der Waals surface area contributed by atoms with Crippen molar-refractivity contribution in [2.75, 3.05) is 20.1 Å². The SMILES string of the molecule is CCC[N+]1(C)C=CCC1. The molecule has 0 aromatic rings. The van der Waals surface area contributed by atoms with E-state index in [2.05, 4.69) is 26.2 Å². The van der Waals surface area contributed by atoms with Crippen LogP contribution in [0.2, 0.25) is 0 Å². The van der Waals surface area contributed by atoms with Crippen LogP contribution in [0.25, 0.3) is 0 Å². The summed E-state index contributed by atoms with van der Waals surface area (Å²) in [6.45, 7) is 4.86. The summed E-state index contributed by atoms with van der Waals surface area (Å²) in [5.41, 5.74) is 0. The highest BCUT2D eigenvalue weighted by Crippen LogP contribution is 2.13. The first kappa shape index (κ1) is 6.81. The van der Waals surface area contributed by atoms with E-state index in [1.807, 2.05) is 0 Å². The third-order valence-electron chi connectivity index (χ3n) is 2.01. The topological polar surface area (TPSA) is 0 Å². The quantitative estimate of drug-likeness (QED) is 0.495. The van der Waals surface area contributed by atoms with Gasteiger partial charge in [0.15, 0.2) is 0 Å². The molecular weight excluding hydrogens is 110 g/mol. The van der Waals surface area contributed by atoms with Gasteiger partial charge in [0.25, 0.3) is 0 Å². The number of hydrogen-bond donors (Lipinski definition) is 0. The van der Waals surface area contributed by atoms with Crippen LogP contribution >= 0.6 is 0 Å². The van der Waals surface area contributed by atoms with Crippen LogP contribution in [0.3, 0.4) is 0 Å². The second kappa shape index (κ2) is 2.53. The molecule has 0 amide bonds. The lowest BCUT2D eigenvalue weighted by molar-refractivity contribution is -0.853. The fraction of sp³-hybridized carbons (Fsp3) is 0.750. The standard InChI is InChI=1S/C8H16N/c1-3-6-9(2)7-4-5-8-9/h4,7H,3,5-6,8H2,1-2H3/q+1. The summed E-state index contributed by atoms with van der Waals surface area (Å²) in [6.07, 6.45) is 7.18. The zero-order valence-corrected chi connectivity index (χ0v) is 6.43. The molecule has 0 spiro atoms. The minimum absolute atomic E-state index is 1.16. The van der Waals surface area contributed by atoms with Gasteiger partial charge in [-0.1, -0.05) is 6.92 Å². The van der Waals surface area contributed by atoms with Crippen molar-refractivity contribution in [3.8, 4) is 0 Å². The van der Waals surface area contributed by atoms with Crippen LogP contribution < -0.4 is 0 Å². The van der Waals surface area contributed by atoms with E-state index in [1.54, 1.807) is 0 Å². The van der Waals surface area contributed by atoms with Gasteiger partial charge in [-0.05, 0) is 12.5 Å². The van der Waals surface area contributed by atoms with E-state index in [4.69, 9.17) is 0 Å². The molecule has 0 aromatic heterocycles. The van der Waals surface area contributed by atoms with Crippen molar-refractivity contribution >= 4 is 0 Å². The van der Waals surface area contributed by atoms with Crippen LogP contribution in [0.4, 0.5) is 0 Å². The summed E-state index contributed by atoms with van der Waals surface area (Å²) < 4.78 is 1.16. The van der Waals surface area contributed by atoms with Gasteiger partial charge in [0, 0.05) is 6.42 Å². The Morgan fingerprint density at radius 3 is 2.78 bits per heavy atom. The number of rotatable bonds is 2. The van der Waals surface area contributed by atoms with Gasteiger partial charge < -0.3 is 0 Å². The molecular formula is C8H16N+. The molecule has 1 aliphatic rings. The Kier molecular flexibility index (Phi) is 1.91. The van der Waals surface area contributed by atoms with Gasteiger partial charge in [-0.25, -0.2) is 0 Å². The first-order valence-corrected chi connectivity index (χ1v) is 3.79. The molecule has 0 aromatic carbocycles. The van der Waals surface area contributed by atoms with Crippen LogP contribution in [0.15, 0.2) is 12.3 Å². The Morgan fingerprint density at radius 1 is 1.56 bits per heavy atom. The van der Waals surface area contributed by atoms with Crippen molar-refractivity contribution in [1.29, 1.82) is 0 Å². The summed E-state index contributed by atoms with van der Waals surface area (Å²) in [5, 5.41) is 0. The summed E-state index contributed by atoms with van der Waals surface area (Å²) >= 11 is 0. The Morgan fingerprint density at radius 2 is 2.33 bits per heavy atom. The van der Waals surface area contributed by atoms with Crippen LogP contribution in [0.5, 0.6) is 0 Å². The average molecular weight is 126 g/mol. The molecule has 0 bridgehead atoms. The van der Waals surface area contributed by atoms with Gasteiger partial charge in [-0.15, -0.1) is 0 Å². The molecule has 1 aliphatic heterocycles. The smallest absolute Gasteiger partial charge is 0.0918 e. The Hall–Kier alpha value is -0.300. The van der Waals surface area contributed by atoms with E-state index in [0.29, 0.717) is 0 Å². The second-order valence-corrected chi connectivity index (χ2v) is 3.10. The summed E-state index contributed by atoms with van der Waals surface area (Å²) in [4.78, 5) is 0. The Balaban J connectivity index is 2.42. The van der Waals surface area contributed by atoms with Crippen molar-refractivity contribution in [3.05, 3.63) is 12.3 Å². The van der Waals surface area contributed by atoms with Crippen LogP contribution in [-0.4, -0.2) is 24.6 Å². The predicted molar refractivity (Wildman–Crippen MR) is 40.0 cm³/mol. The fourth-order valence-electron chi connectivity index (χ4n) is 1.47. The summed E-state index contributed by atoms with van der Waals surface area (Å²) in [7, 11) is 2.30. The normalized spacial score (nSPS) is 33.6. The lowest BCUT2D eigenvalue weighted by Gasteiger charge is -2.25. The molecule has 1 heterocycles. The molecule has 0 fully saturated rings. The molecule has 0 saturated heterocycles. The highest BCUT2D eigenvalue weighted by Gasteiger charge is 2.19. The zero-order chi connectivity index (χ0) is 6.74. The molecule has 0 N–H and O–H groups in total. The molecule has 9 heavy (non-hydrogen) atoms. The maximum absolute atomic E-state index is 2.32. The van der Waals surface area contributed by atoms with E-state index in [-0.39, 0.29) is 0 Å². The number of quaternary nitrogens is 1. The van der Waals surface area contributed by atoms with Crippen molar-refractivity contribution in [2.45, 2.75) is 19.8 Å². The Bertz CT molecular complexity index is 118. The second-order valence-electron chi connectivity index (χ2n) is 3.10. The summed E-state index contributed by atoms with van der Waals surface area (Å²) in [6, 6.07) is 0. The minimum Gasteiger partial charge on any atom is -0.300 e. The van der Waals surface area contributed by atoms with E-state index in [0.717, 1.165) is 4.48 Å². The average Bonchev–Trinajstić information content (AvgIpc) is 2.16. The van der Waals surface area contributed by atoms with Gasteiger partial charge in [0.1, 0.15) is 0 Å². The third-order valence-corrected chi connectivity index (χ3v) is 2.01. The first-order chi connectivity index (χ1) is 4.27. The van der Waals surface area contributed by atoms with Gasteiger partial charge >= 0.3 is 0 Å². The van der Waals surface area contributed by atoms with Crippen LogP contribution in [0.1, 0.15) is 19.8 Å². The lowest BCUT2D eigenvalue weighted by atomic mass is 10.4. The van der Waals surface area contributed by atoms with E-state index in [9.17, 15) is 0 Å². The molecule has 1 rings (SSSR count). The maximum atomic E-state index is 2.32. The maximum Gasteiger partial charge on any atom is 0.0918 e. The van der Waals surface area contributed by atoms with Crippen molar-refractivity contribution in [2.24, 2.45) is 0 Å². The minimum atomic E-state index is 1.16. The van der Waals surface area contributed by atoms with E-state index >= 15 is 0 Å². The van der Waals surface area contributed by atoms with Gasteiger partial charge in [0.05, 0.1) is 26.3 Å². The summed E-state index contributed by atoms with van der Waals surface area (Å²) in [5.74, 6) is 0. The van der Waals surface area contributed by atoms with Gasteiger partial charge in [-0.3, -0.25) is 4.48 Å². The molecule has 52 valence electrons. The molecule has 0 saturated carbocycles. The molecule has 1 unspecified atom stereocenters. The molecule has 1 nitrogen and oxygen atoms in total. The Labute approximate surface area is 57.6 Å². The van der Waals surface area contributed by atoms with Crippen LogP contribution in [0, 0.1) is 0 Å². The molecule has 0 aliphatic carbocycles. The fourth-order valence-corrected chi connectivity index (χ4v) is 1.47. The lowest BCUT2D eigenvalue weighted by Crippen LogP contribution is -2.36. The monoisotopic (exact) mass is 126 g/mol. The first-order valence-electron chi connectivity index (χ1n) is 3.79. The van der Waals surface area contributed by atoms with Crippen molar-refractivity contribution < 1.29 is 4.48 Å². The highest BCUT2D eigenvalue weighted by atomic mass is 15.3. The number of nitrogens with zero attached hydrogens (tertiary/aromatic N) is 1. The molecule has 1 atom stereocenters. The third kappa shape index (κ3) is 1.55. The van der Waals surface area contributed by atoms with Crippen molar-refractivity contribution in [1.82, 2.24) is 0 Å². The molecule has 1 heteroatoms. The van der Waals surface area contributed by atoms with Gasteiger partial charge in [0.2, 0.25) is 0 Å². The zero-order valence-electron chi connectivity index (χ0n) is 6.43.